The number of esters is 1. The standard InChI is InChI=1S/C21H15ClN2O4/c22-17-3-1-2-16(12-17)21(27)28-19-10-4-14(5-11-19)13-23-24-20(26)15-6-8-18(25)9-7-15/h1-13,25H,(H,24,26)/b23-13-. The highest BCUT2D eigenvalue weighted by Gasteiger charge is 2.09. The normalized spacial score (nSPS) is 10.6. The molecular formula is C21H15ClN2O4. The molecule has 2 N–H and O–H groups in total. The maximum atomic E-state index is 12.1. The first-order valence-electron chi connectivity index (χ1n) is 8.21. The van der Waals surface area contributed by atoms with Crippen LogP contribution in [-0.2, 0) is 0 Å². The zero-order valence-corrected chi connectivity index (χ0v) is 15.3. The zero-order valence-electron chi connectivity index (χ0n) is 14.5. The summed E-state index contributed by atoms with van der Waals surface area (Å²) in [4.78, 5) is 24.0. The second kappa shape index (κ2) is 8.83. The van der Waals surface area contributed by atoms with Gasteiger partial charge in [0.05, 0.1) is 11.8 Å². The van der Waals surface area contributed by atoms with Crippen molar-refractivity contribution in [3.05, 3.63) is 94.5 Å². The Bertz CT molecular complexity index is 1020. The molecule has 0 aliphatic carbocycles. The van der Waals surface area contributed by atoms with Gasteiger partial charge in [-0.3, -0.25) is 4.79 Å². The van der Waals surface area contributed by atoms with Gasteiger partial charge in [0.2, 0.25) is 0 Å². The molecular weight excluding hydrogens is 380 g/mol. The molecule has 3 aromatic rings. The summed E-state index contributed by atoms with van der Waals surface area (Å²) >= 11 is 5.87. The minimum absolute atomic E-state index is 0.0798. The molecule has 0 radical (unpaired) electrons. The first-order valence-corrected chi connectivity index (χ1v) is 8.59. The van der Waals surface area contributed by atoms with Crippen molar-refractivity contribution < 1.29 is 19.4 Å². The Morgan fingerprint density at radius 3 is 2.36 bits per heavy atom. The lowest BCUT2D eigenvalue weighted by molar-refractivity contribution is 0.0734. The van der Waals surface area contributed by atoms with E-state index in [0.717, 1.165) is 0 Å². The highest BCUT2D eigenvalue weighted by Crippen LogP contribution is 2.16. The van der Waals surface area contributed by atoms with E-state index in [1.165, 1.54) is 36.5 Å². The summed E-state index contributed by atoms with van der Waals surface area (Å²) in [7, 11) is 0. The van der Waals surface area contributed by atoms with Crippen LogP contribution in [0.5, 0.6) is 11.5 Å². The van der Waals surface area contributed by atoms with E-state index in [1.54, 1.807) is 42.5 Å². The lowest BCUT2D eigenvalue weighted by atomic mass is 10.2. The second-order valence-corrected chi connectivity index (χ2v) is 6.15. The quantitative estimate of drug-likeness (QED) is 0.296. The van der Waals surface area contributed by atoms with Gasteiger partial charge in [0, 0.05) is 10.6 Å². The third kappa shape index (κ3) is 5.18. The van der Waals surface area contributed by atoms with Crippen molar-refractivity contribution in [1.29, 1.82) is 0 Å². The number of rotatable bonds is 5. The van der Waals surface area contributed by atoms with Crippen molar-refractivity contribution in [3.8, 4) is 11.5 Å². The van der Waals surface area contributed by atoms with Crippen molar-refractivity contribution in [3.63, 3.8) is 0 Å². The molecule has 0 fully saturated rings. The van der Waals surface area contributed by atoms with Crippen LogP contribution >= 0.6 is 11.6 Å². The number of carbonyl (C=O) groups is 2. The summed E-state index contributed by atoms with van der Waals surface area (Å²) in [5.74, 6) is -0.458. The van der Waals surface area contributed by atoms with Crippen molar-refractivity contribution in [1.82, 2.24) is 5.43 Å². The molecule has 1 amide bonds. The van der Waals surface area contributed by atoms with Crippen LogP contribution in [0.15, 0.2) is 77.9 Å². The topological polar surface area (TPSA) is 88.0 Å². The number of hydrogen-bond acceptors (Lipinski definition) is 5. The van der Waals surface area contributed by atoms with Crippen molar-refractivity contribution >= 4 is 29.7 Å². The fourth-order valence-electron chi connectivity index (χ4n) is 2.25. The lowest BCUT2D eigenvalue weighted by Gasteiger charge is -2.05. The largest absolute Gasteiger partial charge is 0.508 e. The van der Waals surface area contributed by atoms with E-state index in [2.05, 4.69) is 10.5 Å². The monoisotopic (exact) mass is 394 g/mol. The van der Waals surface area contributed by atoms with Crippen LogP contribution in [0.3, 0.4) is 0 Å². The smallest absolute Gasteiger partial charge is 0.343 e. The predicted molar refractivity (Wildman–Crippen MR) is 106 cm³/mol. The molecule has 0 aliphatic rings. The van der Waals surface area contributed by atoms with E-state index in [-0.39, 0.29) is 5.75 Å². The fourth-order valence-corrected chi connectivity index (χ4v) is 2.44. The van der Waals surface area contributed by atoms with Gasteiger partial charge in [-0.05, 0) is 72.3 Å². The van der Waals surface area contributed by atoms with Gasteiger partial charge >= 0.3 is 5.97 Å². The summed E-state index contributed by atoms with van der Waals surface area (Å²) in [6, 6.07) is 18.9. The average molecular weight is 395 g/mol. The summed E-state index contributed by atoms with van der Waals surface area (Å²) < 4.78 is 5.29. The number of amides is 1. The molecule has 7 heteroatoms. The van der Waals surface area contributed by atoms with E-state index in [9.17, 15) is 14.7 Å². The van der Waals surface area contributed by atoms with E-state index in [4.69, 9.17) is 16.3 Å². The number of hydrazone groups is 1. The molecule has 0 spiro atoms. The molecule has 0 bridgehead atoms. The van der Waals surface area contributed by atoms with E-state index >= 15 is 0 Å². The number of benzene rings is 3. The van der Waals surface area contributed by atoms with Gasteiger partial charge in [-0.25, -0.2) is 10.2 Å². The van der Waals surface area contributed by atoms with E-state index < -0.39 is 11.9 Å². The molecule has 0 heterocycles. The Balaban J connectivity index is 1.56. The third-order valence-electron chi connectivity index (χ3n) is 3.66. The van der Waals surface area contributed by atoms with Gasteiger partial charge in [-0.1, -0.05) is 17.7 Å². The average Bonchev–Trinajstić information content (AvgIpc) is 2.69. The van der Waals surface area contributed by atoms with Crippen molar-refractivity contribution in [2.75, 3.05) is 0 Å². The third-order valence-corrected chi connectivity index (χ3v) is 3.90. The highest BCUT2D eigenvalue weighted by atomic mass is 35.5. The van der Waals surface area contributed by atoms with Gasteiger partial charge in [-0.2, -0.15) is 5.10 Å². The number of phenolic OH excluding ortho intramolecular Hbond substituents is 1. The minimum atomic E-state index is -0.509. The molecule has 6 nitrogen and oxygen atoms in total. The van der Waals surface area contributed by atoms with Gasteiger partial charge in [0.25, 0.3) is 5.91 Å². The van der Waals surface area contributed by atoms with Gasteiger partial charge in [0.1, 0.15) is 11.5 Å². The second-order valence-electron chi connectivity index (χ2n) is 5.71. The Morgan fingerprint density at radius 2 is 1.68 bits per heavy atom. The zero-order chi connectivity index (χ0) is 19.9. The number of halogens is 1. The fraction of sp³-hybridized carbons (Fsp3) is 0. The van der Waals surface area contributed by atoms with Crippen LogP contribution in [-0.4, -0.2) is 23.2 Å². The number of ether oxygens (including phenoxy) is 1. The molecule has 0 atom stereocenters. The van der Waals surface area contributed by atoms with Crippen LogP contribution in [0.4, 0.5) is 0 Å². The Kier molecular flexibility index (Phi) is 6.04. The number of nitrogens with one attached hydrogen (secondary N) is 1. The van der Waals surface area contributed by atoms with Crippen LogP contribution in [0.25, 0.3) is 0 Å². The van der Waals surface area contributed by atoms with Crippen molar-refractivity contribution in [2.24, 2.45) is 5.10 Å². The van der Waals surface area contributed by atoms with E-state index in [0.29, 0.717) is 27.5 Å². The molecule has 3 aromatic carbocycles. The maximum absolute atomic E-state index is 12.1. The Hall–Kier alpha value is -3.64. The van der Waals surface area contributed by atoms with E-state index in [1.807, 2.05) is 0 Å². The SMILES string of the molecule is O=C(N/N=C\c1ccc(OC(=O)c2cccc(Cl)c2)cc1)c1ccc(O)cc1. The lowest BCUT2D eigenvalue weighted by Crippen LogP contribution is -2.17. The summed E-state index contributed by atoms with van der Waals surface area (Å²) in [5, 5.41) is 13.6. The Morgan fingerprint density at radius 1 is 0.964 bits per heavy atom. The number of aromatic hydroxyl groups is 1. The van der Waals surface area contributed by atoms with Gasteiger partial charge < -0.3 is 9.84 Å². The van der Waals surface area contributed by atoms with Crippen LogP contribution in [0.2, 0.25) is 5.02 Å². The molecule has 0 aliphatic heterocycles. The Labute approximate surface area is 166 Å². The number of carbonyl (C=O) groups excluding carboxylic acids is 2. The van der Waals surface area contributed by atoms with Crippen LogP contribution in [0, 0.1) is 0 Å². The van der Waals surface area contributed by atoms with Crippen LogP contribution < -0.4 is 10.2 Å². The van der Waals surface area contributed by atoms with Crippen LogP contribution in [0.1, 0.15) is 26.3 Å². The molecule has 0 saturated heterocycles. The van der Waals surface area contributed by atoms with Crippen molar-refractivity contribution in [2.45, 2.75) is 0 Å². The molecule has 140 valence electrons. The van der Waals surface area contributed by atoms with Gasteiger partial charge in [0.15, 0.2) is 0 Å². The number of nitrogens with zero attached hydrogens (tertiary/aromatic N) is 1. The summed E-state index contributed by atoms with van der Waals surface area (Å²) in [6.07, 6.45) is 1.46. The molecule has 0 aromatic heterocycles. The first-order chi connectivity index (χ1) is 13.5. The summed E-state index contributed by atoms with van der Waals surface area (Å²) in [5.41, 5.74) is 3.82. The molecule has 3 rings (SSSR count). The molecule has 0 saturated carbocycles. The minimum Gasteiger partial charge on any atom is -0.508 e. The predicted octanol–water partition coefficient (Wildman–Crippen LogP) is 4.03. The molecule has 28 heavy (non-hydrogen) atoms. The first kappa shape index (κ1) is 19.1. The molecule has 0 unspecified atom stereocenters. The maximum Gasteiger partial charge on any atom is 0.343 e. The highest BCUT2D eigenvalue weighted by molar-refractivity contribution is 6.30. The number of hydrogen-bond donors (Lipinski definition) is 2. The van der Waals surface area contributed by atoms with Gasteiger partial charge in [-0.15, -0.1) is 0 Å². The number of phenols is 1. The summed E-state index contributed by atoms with van der Waals surface area (Å²) in [6.45, 7) is 0.